The standard InChI is InChI=1S/C9H17N3/c1-3-5-8-10-7-11-9(12-8)6-4-2/h3-4,8-12H,1-2,5-7H2. The minimum atomic E-state index is 0.355. The van der Waals surface area contributed by atoms with Crippen LogP contribution in [-0.2, 0) is 0 Å². The van der Waals surface area contributed by atoms with Crippen molar-refractivity contribution in [3.63, 3.8) is 0 Å². The van der Waals surface area contributed by atoms with Crippen molar-refractivity contribution in [1.29, 1.82) is 0 Å². The minimum absolute atomic E-state index is 0.355. The van der Waals surface area contributed by atoms with Crippen LogP contribution in [0.15, 0.2) is 25.3 Å². The highest BCUT2D eigenvalue weighted by Crippen LogP contribution is 1.97. The van der Waals surface area contributed by atoms with Crippen LogP contribution in [0.5, 0.6) is 0 Å². The Balaban J connectivity index is 2.29. The second-order valence-corrected chi connectivity index (χ2v) is 2.91. The summed E-state index contributed by atoms with van der Waals surface area (Å²) in [6.45, 7) is 8.26. The molecule has 0 aromatic carbocycles. The maximum Gasteiger partial charge on any atom is 0.0628 e. The molecule has 1 rings (SSSR count). The van der Waals surface area contributed by atoms with Crippen molar-refractivity contribution < 1.29 is 0 Å². The van der Waals surface area contributed by atoms with Crippen LogP contribution in [0, 0.1) is 0 Å². The van der Waals surface area contributed by atoms with E-state index in [2.05, 4.69) is 29.1 Å². The van der Waals surface area contributed by atoms with Crippen LogP contribution in [0.25, 0.3) is 0 Å². The molecule has 0 aromatic rings. The minimum Gasteiger partial charge on any atom is -0.289 e. The smallest absolute Gasteiger partial charge is 0.0628 e. The highest BCUT2D eigenvalue weighted by molar-refractivity contribution is 4.85. The summed E-state index contributed by atoms with van der Waals surface area (Å²) in [5, 5.41) is 9.95. The van der Waals surface area contributed by atoms with Crippen molar-refractivity contribution in [2.75, 3.05) is 6.67 Å². The van der Waals surface area contributed by atoms with Crippen LogP contribution in [0.3, 0.4) is 0 Å². The Bertz CT molecular complexity index is 140. The first-order valence-corrected chi connectivity index (χ1v) is 4.31. The Morgan fingerprint density at radius 2 is 1.58 bits per heavy atom. The van der Waals surface area contributed by atoms with Gasteiger partial charge in [-0.2, -0.15) is 0 Å². The van der Waals surface area contributed by atoms with Gasteiger partial charge in [-0.3, -0.25) is 16.0 Å². The van der Waals surface area contributed by atoms with Gasteiger partial charge in [0.2, 0.25) is 0 Å². The molecule has 1 aliphatic heterocycles. The Kier molecular flexibility index (Phi) is 4.00. The summed E-state index contributed by atoms with van der Waals surface area (Å²) in [5.74, 6) is 0. The fraction of sp³-hybridized carbons (Fsp3) is 0.556. The summed E-state index contributed by atoms with van der Waals surface area (Å²) in [4.78, 5) is 0. The monoisotopic (exact) mass is 167 g/mol. The predicted octanol–water partition coefficient (Wildman–Crippen LogP) is 0.531. The number of hydrogen-bond acceptors (Lipinski definition) is 3. The van der Waals surface area contributed by atoms with E-state index in [-0.39, 0.29) is 0 Å². The molecule has 0 aliphatic carbocycles. The fourth-order valence-electron chi connectivity index (χ4n) is 1.30. The molecule has 3 nitrogen and oxygen atoms in total. The Labute approximate surface area is 73.9 Å². The van der Waals surface area contributed by atoms with Crippen molar-refractivity contribution in [2.45, 2.75) is 25.2 Å². The fourth-order valence-corrected chi connectivity index (χ4v) is 1.30. The van der Waals surface area contributed by atoms with Gasteiger partial charge in [0.25, 0.3) is 0 Å². The number of nitrogens with one attached hydrogen (secondary N) is 3. The molecule has 0 spiro atoms. The average molecular weight is 167 g/mol. The van der Waals surface area contributed by atoms with Gasteiger partial charge in [0, 0.05) is 6.67 Å². The molecule has 0 bridgehead atoms. The summed E-state index contributed by atoms with van der Waals surface area (Å²) in [7, 11) is 0. The van der Waals surface area contributed by atoms with Crippen molar-refractivity contribution in [1.82, 2.24) is 16.0 Å². The van der Waals surface area contributed by atoms with E-state index in [4.69, 9.17) is 0 Å². The second-order valence-electron chi connectivity index (χ2n) is 2.91. The van der Waals surface area contributed by atoms with Crippen LogP contribution >= 0.6 is 0 Å². The molecule has 2 atom stereocenters. The topological polar surface area (TPSA) is 36.1 Å². The third-order valence-electron chi connectivity index (χ3n) is 1.90. The zero-order valence-electron chi connectivity index (χ0n) is 7.34. The zero-order chi connectivity index (χ0) is 8.81. The molecule has 0 radical (unpaired) electrons. The van der Waals surface area contributed by atoms with Crippen LogP contribution in [0.4, 0.5) is 0 Å². The molecule has 0 aromatic heterocycles. The van der Waals surface area contributed by atoms with Gasteiger partial charge in [0.1, 0.15) is 0 Å². The largest absolute Gasteiger partial charge is 0.289 e. The lowest BCUT2D eigenvalue weighted by atomic mass is 10.2. The van der Waals surface area contributed by atoms with E-state index < -0.39 is 0 Å². The molecule has 1 aliphatic rings. The normalized spacial score (nSPS) is 29.7. The Hall–Kier alpha value is -0.640. The van der Waals surface area contributed by atoms with Crippen LogP contribution in [0.2, 0.25) is 0 Å². The van der Waals surface area contributed by atoms with E-state index >= 15 is 0 Å². The third-order valence-corrected chi connectivity index (χ3v) is 1.90. The number of hydrogen-bond donors (Lipinski definition) is 3. The van der Waals surface area contributed by atoms with Crippen LogP contribution in [0.1, 0.15) is 12.8 Å². The molecule has 1 fully saturated rings. The quantitative estimate of drug-likeness (QED) is 0.535. The predicted molar refractivity (Wildman–Crippen MR) is 51.5 cm³/mol. The zero-order valence-corrected chi connectivity index (χ0v) is 7.34. The molecule has 2 unspecified atom stereocenters. The molecule has 68 valence electrons. The summed E-state index contributed by atoms with van der Waals surface area (Å²) >= 11 is 0. The molecule has 12 heavy (non-hydrogen) atoms. The molecule has 0 amide bonds. The second kappa shape index (κ2) is 5.09. The van der Waals surface area contributed by atoms with Gasteiger partial charge in [-0.15, -0.1) is 13.2 Å². The lowest BCUT2D eigenvalue weighted by Crippen LogP contribution is -2.61. The first-order chi connectivity index (χ1) is 5.86. The van der Waals surface area contributed by atoms with Crippen molar-refractivity contribution in [3.8, 4) is 0 Å². The number of rotatable bonds is 4. The lowest BCUT2D eigenvalue weighted by Gasteiger charge is -2.32. The van der Waals surface area contributed by atoms with Crippen LogP contribution < -0.4 is 16.0 Å². The van der Waals surface area contributed by atoms with Gasteiger partial charge in [0.15, 0.2) is 0 Å². The third kappa shape index (κ3) is 2.77. The van der Waals surface area contributed by atoms with E-state index in [1.54, 1.807) is 0 Å². The summed E-state index contributed by atoms with van der Waals surface area (Å²) in [6, 6.07) is 0. The summed E-state index contributed by atoms with van der Waals surface area (Å²) < 4.78 is 0. The van der Waals surface area contributed by atoms with E-state index in [1.807, 2.05) is 12.2 Å². The molecule has 1 heterocycles. The molecule has 3 N–H and O–H groups in total. The molecule has 0 saturated carbocycles. The van der Waals surface area contributed by atoms with E-state index in [0.717, 1.165) is 19.5 Å². The first kappa shape index (κ1) is 9.45. The van der Waals surface area contributed by atoms with E-state index in [0.29, 0.717) is 12.3 Å². The van der Waals surface area contributed by atoms with Gasteiger partial charge in [0.05, 0.1) is 12.3 Å². The maximum absolute atomic E-state index is 3.71. The average Bonchev–Trinajstić information content (AvgIpc) is 2.06. The summed E-state index contributed by atoms with van der Waals surface area (Å²) in [6.07, 6.45) is 6.45. The maximum atomic E-state index is 3.71. The van der Waals surface area contributed by atoms with Gasteiger partial charge < -0.3 is 0 Å². The van der Waals surface area contributed by atoms with Crippen LogP contribution in [-0.4, -0.2) is 19.0 Å². The Morgan fingerprint density at radius 1 is 1.08 bits per heavy atom. The van der Waals surface area contributed by atoms with Crippen molar-refractivity contribution >= 4 is 0 Å². The summed E-state index contributed by atoms with van der Waals surface area (Å²) in [5.41, 5.74) is 0. The van der Waals surface area contributed by atoms with Crippen molar-refractivity contribution in [2.24, 2.45) is 0 Å². The molecule has 1 saturated heterocycles. The highest BCUT2D eigenvalue weighted by Gasteiger charge is 2.16. The lowest BCUT2D eigenvalue weighted by molar-refractivity contribution is 0.263. The van der Waals surface area contributed by atoms with Gasteiger partial charge in [-0.1, -0.05) is 12.2 Å². The van der Waals surface area contributed by atoms with Gasteiger partial charge in [-0.05, 0) is 12.8 Å². The van der Waals surface area contributed by atoms with E-state index in [1.165, 1.54) is 0 Å². The van der Waals surface area contributed by atoms with Crippen molar-refractivity contribution in [3.05, 3.63) is 25.3 Å². The van der Waals surface area contributed by atoms with Gasteiger partial charge in [-0.25, -0.2) is 0 Å². The molecular weight excluding hydrogens is 150 g/mol. The highest BCUT2D eigenvalue weighted by atomic mass is 15.3. The molecule has 3 heteroatoms. The Morgan fingerprint density at radius 3 is 2.00 bits per heavy atom. The first-order valence-electron chi connectivity index (χ1n) is 4.31. The van der Waals surface area contributed by atoms with Gasteiger partial charge >= 0.3 is 0 Å². The SMILES string of the molecule is C=CCC1NCNC(CC=C)N1. The molecular formula is C9H17N3. The van der Waals surface area contributed by atoms with E-state index in [9.17, 15) is 0 Å².